The molecule has 0 aromatic carbocycles. The zero-order valence-corrected chi connectivity index (χ0v) is 11.7. The Hall–Kier alpha value is -0.770. The molecule has 2 amide bonds. The predicted octanol–water partition coefficient (Wildman–Crippen LogP) is 2.20. The molecule has 1 saturated heterocycles. The van der Waals surface area contributed by atoms with Gasteiger partial charge in [-0.25, -0.2) is 4.79 Å². The van der Waals surface area contributed by atoms with E-state index in [1.807, 2.05) is 11.9 Å². The highest BCUT2D eigenvalue weighted by Crippen LogP contribution is 2.36. The van der Waals surface area contributed by atoms with Crippen LogP contribution in [-0.4, -0.2) is 56.2 Å². The van der Waals surface area contributed by atoms with Crippen LogP contribution in [0.2, 0.25) is 0 Å². The monoisotopic (exact) mass is 254 g/mol. The van der Waals surface area contributed by atoms with Crippen LogP contribution >= 0.6 is 0 Å². The summed E-state index contributed by atoms with van der Waals surface area (Å²) in [6, 6.07) is 0.209. The van der Waals surface area contributed by atoms with Crippen LogP contribution in [0, 0.1) is 11.8 Å². The molecule has 2 atom stereocenters. The first-order valence-electron chi connectivity index (χ1n) is 7.21. The van der Waals surface area contributed by atoms with Crippen LogP contribution < -0.4 is 0 Å². The number of hydrogen-bond donors (Lipinski definition) is 0. The van der Waals surface area contributed by atoms with Crippen molar-refractivity contribution in [3.63, 3.8) is 0 Å². The van der Waals surface area contributed by atoms with E-state index in [0.29, 0.717) is 0 Å². The second kappa shape index (κ2) is 6.41. The Bertz CT molecular complexity index is 269. The van der Waals surface area contributed by atoms with Crippen molar-refractivity contribution in [2.75, 3.05) is 40.4 Å². The number of amides is 2. The molecular formula is C14H26N2O2. The summed E-state index contributed by atoms with van der Waals surface area (Å²) in [5.41, 5.74) is 0. The molecule has 2 fully saturated rings. The topological polar surface area (TPSA) is 32.8 Å². The van der Waals surface area contributed by atoms with Crippen molar-refractivity contribution in [1.29, 1.82) is 0 Å². The molecule has 0 aromatic rings. The van der Waals surface area contributed by atoms with Crippen LogP contribution in [0.3, 0.4) is 0 Å². The van der Waals surface area contributed by atoms with Gasteiger partial charge in [-0.15, -0.1) is 0 Å². The highest BCUT2D eigenvalue weighted by molar-refractivity contribution is 5.74. The third-order valence-corrected chi connectivity index (χ3v) is 4.42. The molecule has 0 aromatic heterocycles. The van der Waals surface area contributed by atoms with Crippen molar-refractivity contribution < 1.29 is 9.53 Å². The number of carbonyl (C=O) groups is 1. The van der Waals surface area contributed by atoms with E-state index in [2.05, 4.69) is 4.90 Å². The summed E-state index contributed by atoms with van der Waals surface area (Å²) in [7, 11) is 3.60. The maximum atomic E-state index is 12.3. The fourth-order valence-corrected chi connectivity index (χ4v) is 3.35. The van der Waals surface area contributed by atoms with Crippen LogP contribution in [0.15, 0.2) is 0 Å². The van der Waals surface area contributed by atoms with E-state index in [9.17, 15) is 4.79 Å². The summed E-state index contributed by atoms with van der Waals surface area (Å²) in [6.45, 7) is 3.48. The van der Waals surface area contributed by atoms with Crippen molar-refractivity contribution in [3.8, 4) is 0 Å². The first-order valence-corrected chi connectivity index (χ1v) is 7.21. The summed E-state index contributed by atoms with van der Waals surface area (Å²) in [6.07, 6.45) is 6.27. The van der Waals surface area contributed by atoms with Gasteiger partial charge in [-0.1, -0.05) is 12.8 Å². The van der Waals surface area contributed by atoms with Gasteiger partial charge in [-0.3, -0.25) is 0 Å². The Morgan fingerprint density at radius 3 is 2.44 bits per heavy atom. The molecule has 4 nitrogen and oxygen atoms in total. The van der Waals surface area contributed by atoms with Crippen LogP contribution in [0.1, 0.15) is 32.1 Å². The van der Waals surface area contributed by atoms with Crippen molar-refractivity contribution in [3.05, 3.63) is 0 Å². The Labute approximate surface area is 110 Å². The molecular weight excluding hydrogens is 228 g/mol. The van der Waals surface area contributed by atoms with E-state index in [1.165, 1.54) is 25.7 Å². The van der Waals surface area contributed by atoms with Crippen LogP contribution in [0.4, 0.5) is 4.79 Å². The maximum absolute atomic E-state index is 12.3. The van der Waals surface area contributed by atoms with E-state index >= 15 is 0 Å². The van der Waals surface area contributed by atoms with E-state index < -0.39 is 0 Å². The third kappa shape index (κ3) is 3.16. The number of ether oxygens (including phenoxy) is 1. The zero-order valence-electron chi connectivity index (χ0n) is 11.7. The van der Waals surface area contributed by atoms with Crippen molar-refractivity contribution in [2.24, 2.45) is 11.8 Å². The summed E-state index contributed by atoms with van der Waals surface area (Å²) in [5, 5.41) is 0. The molecule has 2 aliphatic rings. The van der Waals surface area contributed by atoms with Crippen molar-refractivity contribution in [1.82, 2.24) is 9.80 Å². The van der Waals surface area contributed by atoms with Gasteiger partial charge in [0, 0.05) is 40.4 Å². The Morgan fingerprint density at radius 2 is 1.89 bits per heavy atom. The molecule has 18 heavy (non-hydrogen) atoms. The largest absolute Gasteiger partial charge is 0.385 e. The molecule has 0 spiro atoms. The lowest BCUT2D eigenvalue weighted by Crippen LogP contribution is -2.40. The van der Waals surface area contributed by atoms with Crippen LogP contribution in [0.25, 0.3) is 0 Å². The molecule has 0 N–H and O–H groups in total. The third-order valence-electron chi connectivity index (χ3n) is 4.42. The molecule has 104 valence electrons. The van der Waals surface area contributed by atoms with Gasteiger partial charge < -0.3 is 14.5 Å². The average Bonchev–Trinajstić information content (AvgIpc) is 2.81. The lowest BCUT2D eigenvalue weighted by Gasteiger charge is -2.24. The quantitative estimate of drug-likeness (QED) is 0.721. The number of urea groups is 1. The number of hydrogen-bond acceptors (Lipinski definition) is 2. The lowest BCUT2D eigenvalue weighted by atomic mass is 9.82. The normalized spacial score (nSPS) is 27.1. The zero-order chi connectivity index (χ0) is 13.0. The van der Waals surface area contributed by atoms with Gasteiger partial charge >= 0.3 is 6.03 Å². The number of rotatable bonds is 4. The molecule has 0 radical (unpaired) electrons. The first kappa shape index (κ1) is 13.7. The van der Waals surface area contributed by atoms with Gasteiger partial charge in [0.2, 0.25) is 0 Å². The lowest BCUT2D eigenvalue weighted by molar-refractivity contribution is 0.156. The average molecular weight is 254 g/mol. The molecule has 1 aliphatic heterocycles. The number of likely N-dealkylation sites (tertiary alicyclic amines) is 1. The van der Waals surface area contributed by atoms with Crippen LogP contribution in [0.5, 0.6) is 0 Å². The second-order valence-corrected chi connectivity index (χ2v) is 5.76. The van der Waals surface area contributed by atoms with Gasteiger partial charge in [-0.05, 0) is 31.1 Å². The van der Waals surface area contributed by atoms with E-state index in [4.69, 9.17) is 4.74 Å². The highest BCUT2D eigenvalue weighted by atomic mass is 16.5. The molecule has 1 aliphatic carbocycles. The minimum atomic E-state index is 0.209. The van der Waals surface area contributed by atoms with Crippen molar-refractivity contribution >= 4 is 6.03 Å². The molecule has 2 unspecified atom stereocenters. The van der Waals surface area contributed by atoms with E-state index in [1.54, 1.807) is 7.11 Å². The first-order chi connectivity index (χ1) is 8.72. The van der Waals surface area contributed by atoms with Gasteiger partial charge in [0.05, 0.1) is 0 Å². The maximum Gasteiger partial charge on any atom is 0.319 e. The standard InChI is InChI=1S/C14H26N2O2/c1-15(8-5-9-18-2)14(17)16-10-12-6-3-4-7-13(12)11-16/h12-13H,3-11H2,1-2H3. The van der Waals surface area contributed by atoms with E-state index in [0.717, 1.165) is 44.5 Å². The molecule has 1 heterocycles. The Morgan fingerprint density at radius 1 is 1.28 bits per heavy atom. The SMILES string of the molecule is COCCCN(C)C(=O)N1CC2CCCCC2C1. The summed E-state index contributed by atoms with van der Waals surface area (Å²) in [5.74, 6) is 1.55. The smallest absolute Gasteiger partial charge is 0.319 e. The van der Waals surface area contributed by atoms with Crippen LogP contribution in [-0.2, 0) is 4.74 Å². The Balaban J connectivity index is 1.79. The molecule has 0 bridgehead atoms. The number of methoxy groups -OCH3 is 1. The number of nitrogens with zero attached hydrogens (tertiary/aromatic N) is 2. The van der Waals surface area contributed by atoms with Gasteiger partial charge in [-0.2, -0.15) is 0 Å². The predicted molar refractivity (Wildman–Crippen MR) is 71.5 cm³/mol. The fraction of sp³-hybridized carbons (Fsp3) is 0.929. The fourth-order valence-electron chi connectivity index (χ4n) is 3.35. The highest BCUT2D eigenvalue weighted by Gasteiger charge is 2.37. The van der Waals surface area contributed by atoms with Gasteiger partial charge in [0.25, 0.3) is 0 Å². The second-order valence-electron chi connectivity index (χ2n) is 5.76. The van der Waals surface area contributed by atoms with Crippen molar-refractivity contribution in [2.45, 2.75) is 32.1 Å². The van der Waals surface area contributed by atoms with Gasteiger partial charge in [0.15, 0.2) is 0 Å². The summed E-state index contributed by atoms with van der Waals surface area (Å²) < 4.78 is 5.02. The number of carbonyl (C=O) groups excluding carboxylic acids is 1. The Kier molecular flexibility index (Phi) is 4.87. The number of fused-ring (bicyclic) bond motifs is 1. The minimum absolute atomic E-state index is 0.209. The molecule has 4 heteroatoms. The summed E-state index contributed by atoms with van der Waals surface area (Å²) in [4.78, 5) is 16.2. The minimum Gasteiger partial charge on any atom is -0.385 e. The summed E-state index contributed by atoms with van der Waals surface area (Å²) >= 11 is 0. The van der Waals surface area contributed by atoms with E-state index in [-0.39, 0.29) is 6.03 Å². The molecule has 1 saturated carbocycles. The molecule has 2 rings (SSSR count). The van der Waals surface area contributed by atoms with Gasteiger partial charge in [0.1, 0.15) is 0 Å².